The van der Waals surface area contributed by atoms with E-state index in [2.05, 4.69) is 13.5 Å². The molecule has 0 bridgehead atoms. The van der Waals surface area contributed by atoms with Crippen LogP contribution < -0.4 is 0 Å². The molecule has 0 saturated carbocycles. The Morgan fingerprint density at radius 2 is 2.11 bits per heavy atom. The zero-order valence-corrected chi connectivity index (χ0v) is 14.0. The minimum atomic E-state index is -4.42. The molecule has 0 spiro atoms. The summed E-state index contributed by atoms with van der Waals surface area (Å²) in [5, 5.41) is -1.76. The fourth-order valence-corrected chi connectivity index (χ4v) is 7.75. The predicted octanol–water partition coefficient (Wildman–Crippen LogP) is 2.13. The van der Waals surface area contributed by atoms with Gasteiger partial charge in [-0.3, -0.25) is 9.35 Å². The fraction of sp³-hybridized carbons (Fsp3) is 0.636. The molecule has 0 aromatic rings. The molecule has 4 atom stereocenters. The van der Waals surface area contributed by atoms with E-state index in [0.29, 0.717) is 5.75 Å². The molecule has 109 valence electrons. The van der Waals surface area contributed by atoms with Gasteiger partial charge < -0.3 is 0 Å². The number of hydrogen-bond donors (Lipinski definition) is 1. The number of rotatable bonds is 6. The molecule has 8 heteroatoms. The second-order valence-electron chi connectivity index (χ2n) is 4.23. The van der Waals surface area contributed by atoms with Gasteiger partial charge in [0, 0.05) is 16.3 Å². The Morgan fingerprint density at radius 1 is 1.53 bits per heavy atom. The van der Waals surface area contributed by atoms with E-state index >= 15 is 0 Å². The zero-order chi connectivity index (χ0) is 14.8. The van der Waals surface area contributed by atoms with Crippen LogP contribution in [0.5, 0.6) is 0 Å². The average molecular weight is 342 g/mol. The van der Waals surface area contributed by atoms with Crippen molar-refractivity contribution in [3.63, 3.8) is 0 Å². The minimum Gasteiger partial charge on any atom is -0.293 e. The Balaban J connectivity index is 2.91. The van der Waals surface area contributed by atoms with Crippen molar-refractivity contribution in [1.82, 2.24) is 0 Å². The lowest BCUT2D eigenvalue weighted by atomic mass is 10.1. The van der Waals surface area contributed by atoms with Crippen LogP contribution in [-0.2, 0) is 14.9 Å². The van der Waals surface area contributed by atoms with Crippen molar-refractivity contribution in [2.45, 2.75) is 27.3 Å². The predicted molar refractivity (Wildman–Crippen MR) is 85.4 cm³/mol. The van der Waals surface area contributed by atoms with Crippen LogP contribution in [0.1, 0.15) is 6.92 Å². The molecular formula is C11H17O4S4. The van der Waals surface area contributed by atoms with Crippen molar-refractivity contribution in [1.29, 1.82) is 0 Å². The quantitative estimate of drug-likeness (QED) is 0.586. The smallest absolute Gasteiger partial charge is 0.276 e. The number of hydrogen-bond acceptors (Lipinski definition) is 6. The first-order chi connectivity index (χ1) is 8.68. The topological polar surface area (TPSA) is 71.4 Å². The van der Waals surface area contributed by atoms with E-state index in [9.17, 15) is 17.8 Å². The van der Waals surface area contributed by atoms with Gasteiger partial charge in [-0.1, -0.05) is 6.58 Å². The number of allylic oxidation sites excluding steroid dienone is 1. The normalized spacial score (nSPS) is 26.9. The third kappa shape index (κ3) is 4.42. The van der Waals surface area contributed by atoms with Crippen molar-refractivity contribution < 1.29 is 17.8 Å². The molecular weight excluding hydrogens is 324 g/mol. The third-order valence-electron chi connectivity index (χ3n) is 2.68. The summed E-state index contributed by atoms with van der Waals surface area (Å²) in [4.78, 5) is 11.9. The van der Waals surface area contributed by atoms with E-state index in [0.717, 1.165) is 0 Å². The monoisotopic (exact) mass is 341 g/mol. The zero-order valence-electron chi connectivity index (χ0n) is 10.7. The maximum absolute atomic E-state index is 11.9. The molecule has 1 radical (unpaired) electrons. The van der Waals surface area contributed by atoms with Crippen molar-refractivity contribution in [3.05, 3.63) is 19.1 Å². The van der Waals surface area contributed by atoms with E-state index in [1.807, 2.05) is 6.26 Å². The molecule has 4 unspecified atom stereocenters. The summed E-state index contributed by atoms with van der Waals surface area (Å²) in [7, 11) is -4.42. The van der Waals surface area contributed by atoms with Gasteiger partial charge in [-0.15, -0.1) is 23.5 Å². The molecule has 4 nitrogen and oxygen atoms in total. The summed E-state index contributed by atoms with van der Waals surface area (Å²) >= 11 is 4.57. The second kappa shape index (κ2) is 6.89. The molecule has 0 aliphatic carbocycles. The van der Waals surface area contributed by atoms with Crippen LogP contribution in [0.3, 0.4) is 0 Å². The highest BCUT2D eigenvalue weighted by Gasteiger charge is 2.44. The number of thioether (sulfide) groups is 3. The van der Waals surface area contributed by atoms with E-state index in [-0.39, 0.29) is 15.4 Å². The first kappa shape index (κ1) is 17.4. The van der Waals surface area contributed by atoms with E-state index < -0.39 is 26.4 Å². The lowest BCUT2D eigenvalue weighted by Gasteiger charge is -2.20. The SMILES string of the molecule is [CH2]C(SC)C1SCC(C(C(=O)C(=C)C)S(=O)(=O)O)S1. The van der Waals surface area contributed by atoms with Crippen LogP contribution in [0, 0.1) is 6.92 Å². The molecule has 1 heterocycles. The van der Waals surface area contributed by atoms with Gasteiger partial charge in [0.05, 0.1) is 4.58 Å². The summed E-state index contributed by atoms with van der Waals surface area (Å²) in [5.74, 6) is -0.100. The summed E-state index contributed by atoms with van der Waals surface area (Å²) in [6, 6.07) is 0. The molecule has 0 amide bonds. The number of carbonyl (C=O) groups excluding carboxylic acids is 1. The minimum absolute atomic E-state index is 0.113. The van der Waals surface area contributed by atoms with Crippen molar-refractivity contribution in [2.75, 3.05) is 12.0 Å². The first-order valence-electron chi connectivity index (χ1n) is 5.47. The summed E-state index contributed by atoms with van der Waals surface area (Å²) in [6.45, 7) is 8.91. The Hall–Kier alpha value is 0.370. The molecule has 0 aromatic heterocycles. The van der Waals surface area contributed by atoms with Gasteiger partial charge in [0.25, 0.3) is 10.1 Å². The molecule has 1 rings (SSSR count). The van der Waals surface area contributed by atoms with Gasteiger partial charge >= 0.3 is 0 Å². The maximum Gasteiger partial charge on any atom is 0.276 e. The molecule has 1 aliphatic heterocycles. The fourth-order valence-electron chi connectivity index (χ4n) is 1.64. The molecule has 19 heavy (non-hydrogen) atoms. The van der Waals surface area contributed by atoms with Gasteiger partial charge in [-0.05, 0) is 25.7 Å². The van der Waals surface area contributed by atoms with Crippen LogP contribution in [0.4, 0.5) is 0 Å². The third-order valence-corrected chi connectivity index (χ3v) is 8.80. The molecule has 1 fully saturated rings. The molecule has 1 aliphatic rings. The van der Waals surface area contributed by atoms with Gasteiger partial charge in [-0.25, -0.2) is 0 Å². The molecule has 1 saturated heterocycles. The maximum atomic E-state index is 11.9. The lowest BCUT2D eigenvalue weighted by Crippen LogP contribution is -2.39. The number of carbonyl (C=O) groups is 1. The van der Waals surface area contributed by atoms with Crippen LogP contribution in [0.25, 0.3) is 0 Å². The van der Waals surface area contributed by atoms with Crippen LogP contribution in [0.15, 0.2) is 12.2 Å². The largest absolute Gasteiger partial charge is 0.293 e. The highest BCUT2D eigenvalue weighted by molar-refractivity contribution is 8.21. The summed E-state index contributed by atoms with van der Waals surface area (Å²) in [6.07, 6.45) is 1.94. The van der Waals surface area contributed by atoms with Crippen molar-refractivity contribution in [2.24, 2.45) is 0 Å². The highest BCUT2D eigenvalue weighted by Crippen LogP contribution is 2.45. The van der Waals surface area contributed by atoms with E-state index in [1.54, 1.807) is 23.5 Å². The lowest BCUT2D eigenvalue weighted by molar-refractivity contribution is -0.115. The van der Waals surface area contributed by atoms with E-state index in [4.69, 9.17) is 0 Å². The second-order valence-corrected chi connectivity index (χ2v) is 9.70. The Labute approximate surface area is 127 Å². The van der Waals surface area contributed by atoms with Crippen LogP contribution >= 0.6 is 35.3 Å². The molecule has 1 N–H and O–H groups in total. The summed E-state index contributed by atoms with van der Waals surface area (Å²) in [5.41, 5.74) is 0.146. The van der Waals surface area contributed by atoms with Crippen molar-refractivity contribution in [3.8, 4) is 0 Å². The highest BCUT2D eigenvalue weighted by atomic mass is 32.2. The van der Waals surface area contributed by atoms with Gasteiger partial charge in [0.15, 0.2) is 11.0 Å². The van der Waals surface area contributed by atoms with Crippen LogP contribution in [-0.4, -0.2) is 51.1 Å². The Kier molecular flexibility index (Phi) is 6.31. The summed E-state index contributed by atoms with van der Waals surface area (Å²) < 4.78 is 32.4. The Bertz CT molecular complexity index is 459. The number of Topliss-reactive ketones (excluding diaryl/α,β-unsaturated/α-hetero) is 1. The standard InChI is InChI=1S/C11H17O4S4/c1-6(2)9(12)10(19(13,14)15)8-5-17-11(18-8)7(3)16-4/h7-8,10-11H,1,3,5H2,2,4H3,(H,13,14,15). The van der Waals surface area contributed by atoms with E-state index in [1.165, 1.54) is 18.7 Å². The average Bonchev–Trinajstić information content (AvgIpc) is 2.75. The van der Waals surface area contributed by atoms with Crippen LogP contribution in [0.2, 0.25) is 0 Å². The number of ketones is 1. The van der Waals surface area contributed by atoms with Gasteiger partial charge in [0.1, 0.15) is 0 Å². The Morgan fingerprint density at radius 3 is 2.53 bits per heavy atom. The van der Waals surface area contributed by atoms with Gasteiger partial charge in [0.2, 0.25) is 0 Å². The van der Waals surface area contributed by atoms with Crippen molar-refractivity contribution >= 4 is 51.2 Å². The first-order valence-corrected chi connectivity index (χ1v) is 10.3. The van der Waals surface area contributed by atoms with Gasteiger partial charge in [-0.2, -0.15) is 20.2 Å². The molecule has 0 aromatic carbocycles.